The minimum absolute atomic E-state index is 0.173. The topological polar surface area (TPSA) is 53.5 Å². The summed E-state index contributed by atoms with van der Waals surface area (Å²) in [6.45, 7) is 1.19. The Balaban J connectivity index is 1.81. The summed E-state index contributed by atoms with van der Waals surface area (Å²) < 4.78 is 65.4. The highest BCUT2D eigenvalue weighted by molar-refractivity contribution is 7.89. The number of rotatable bonds is 3. The first kappa shape index (κ1) is 18.4. The number of hydrogen-bond acceptors (Lipinski definition) is 5. The first-order chi connectivity index (χ1) is 11.7. The molecular formula is C14H13ClF3N3O2S2. The SMILES string of the molecule is O=S(=O)(c1ccc(Cl)c(C(F)(F)F)c1)N1CCN(c2nccs2)CC1. The van der Waals surface area contributed by atoms with Crippen LogP contribution in [-0.2, 0) is 16.2 Å². The number of thiazole rings is 1. The number of hydrogen-bond donors (Lipinski definition) is 0. The Morgan fingerprint density at radius 3 is 2.40 bits per heavy atom. The molecule has 0 saturated carbocycles. The molecule has 1 aromatic carbocycles. The summed E-state index contributed by atoms with van der Waals surface area (Å²) in [5.41, 5.74) is -1.16. The fraction of sp³-hybridized carbons (Fsp3) is 0.357. The predicted octanol–water partition coefficient (Wildman–Crippen LogP) is 3.33. The first-order valence-corrected chi connectivity index (χ1v) is 9.91. The van der Waals surface area contributed by atoms with E-state index in [0.717, 1.165) is 17.3 Å². The number of halogens is 4. The van der Waals surface area contributed by atoms with Gasteiger partial charge in [0.05, 0.1) is 15.5 Å². The third kappa shape index (κ3) is 3.76. The number of benzene rings is 1. The Hall–Kier alpha value is -1.36. The van der Waals surface area contributed by atoms with Gasteiger partial charge in [-0.15, -0.1) is 11.3 Å². The summed E-state index contributed by atoms with van der Waals surface area (Å²) in [6.07, 6.45) is -3.05. The number of aromatic nitrogens is 1. The van der Waals surface area contributed by atoms with Gasteiger partial charge < -0.3 is 4.90 Å². The maximum Gasteiger partial charge on any atom is 0.417 e. The van der Waals surface area contributed by atoms with E-state index in [1.165, 1.54) is 15.6 Å². The molecule has 5 nitrogen and oxygen atoms in total. The van der Waals surface area contributed by atoms with Crippen molar-refractivity contribution in [3.8, 4) is 0 Å². The van der Waals surface area contributed by atoms with Crippen LogP contribution in [0.3, 0.4) is 0 Å². The second kappa shape index (κ2) is 6.75. The Bertz CT molecular complexity index is 849. The van der Waals surface area contributed by atoms with Crippen LogP contribution in [0.4, 0.5) is 18.3 Å². The van der Waals surface area contributed by atoms with Gasteiger partial charge in [-0.2, -0.15) is 17.5 Å². The number of alkyl halides is 3. The van der Waals surface area contributed by atoms with Crippen LogP contribution in [0.2, 0.25) is 5.02 Å². The van der Waals surface area contributed by atoms with Crippen LogP contribution in [-0.4, -0.2) is 43.9 Å². The molecule has 0 radical (unpaired) electrons. The molecule has 1 aromatic heterocycles. The van der Waals surface area contributed by atoms with Gasteiger partial charge in [0, 0.05) is 37.8 Å². The zero-order valence-corrected chi connectivity index (χ0v) is 15.1. The van der Waals surface area contributed by atoms with Gasteiger partial charge in [0.2, 0.25) is 10.0 Å². The molecule has 2 aromatic rings. The summed E-state index contributed by atoms with van der Waals surface area (Å²) >= 11 is 7.00. The van der Waals surface area contributed by atoms with E-state index in [2.05, 4.69) is 4.98 Å². The van der Waals surface area contributed by atoms with E-state index in [-0.39, 0.29) is 13.1 Å². The molecule has 0 spiro atoms. The van der Waals surface area contributed by atoms with Crippen molar-refractivity contribution in [2.24, 2.45) is 0 Å². The molecule has 0 unspecified atom stereocenters. The average molecular weight is 412 g/mol. The number of nitrogens with zero attached hydrogens (tertiary/aromatic N) is 3. The lowest BCUT2D eigenvalue weighted by molar-refractivity contribution is -0.137. The van der Waals surface area contributed by atoms with Crippen LogP contribution < -0.4 is 4.90 Å². The van der Waals surface area contributed by atoms with E-state index in [0.29, 0.717) is 19.2 Å². The summed E-state index contributed by atoms with van der Waals surface area (Å²) in [5, 5.41) is 2.09. The molecule has 25 heavy (non-hydrogen) atoms. The van der Waals surface area contributed by atoms with E-state index in [1.54, 1.807) is 6.20 Å². The normalized spacial score (nSPS) is 17.0. The van der Waals surface area contributed by atoms with Crippen molar-refractivity contribution in [3.05, 3.63) is 40.4 Å². The van der Waals surface area contributed by atoms with Gasteiger partial charge >= 0.3 is 6.18 Å². The van der Waals surface area contributed by atoms with Crippen molar-refractivity contribution in [2.75, 3.05) is 31.1 Å². The van der Waals surface area contributed by atoms with Crippen molar-refractivity contribution in [1.82, 2.24) is 9.29 Å². The fourth-order valence-corrected chi connectivity index (χ4v) is 4.89. The maximum atomic E-state index is 13.0. The molecule has 1 fully saturated rings. The van der Waals surface area contributed by atoms with Crippen molar-refractivity contribution in [2.45, 2.75) is 11.1 Å². The van der Waals surface area contributed by atoms with Crippen molar-refractivity contribution in [1.29, 1.82) is 0 Å². The van der Waals surface area contributed by atoms with E-state index in [9.17, 15) is 21.6 Å². The van der Waals surface area contributed by atoms with Gasteiger partial charge in [-0.05, 0) is 18.2 Å². The third-order valence-corrected chi connectivity index (χ3v) is 6.87. The van der Waals surface area contributed by atoms with E-state index in [4.69, 9.17) is 11.6 Å². The van der Waals surface area contributed by atoms with Crippen molar-refractivity contribution < 1.29 is 21.6 Å². The lowest BCUT2D eigenvalue weighted by atomic mass is 10.2. The molecule has 0 aliphatic carbocycles. The van der Waals surface area contributed by atoms with Gasteiger partial charge in [0.15, 0.2) is 5.13 Å². The van der Waals surface area contributed by atoms with Gasteiger partial charge in [-0.25, -0.2) is 13.4 Å². The zero-order chi connectivity index (χ0) is 18.2. The Morgan fingerprint density at radius 2 is 1.84 bits per heavy atom. The highest BCUT2D eigenvalue weighted by Gasteiger charge is 2.36. The Kier molecular flexibility index (Phi) is 4.97. The van der Waals surface area contributed by atoms with Gasteiger partial charge in [0.25, 0.3) is 0 Å². The molecule has 1 saturated heterocycles. The highest BCUT2D eigenvalue weighted by Crippen LogP contribution is 2.36. The average Bonchev–Trinajstić information content (AvgIpc) is 3.08. The van der Waals surface area contributed by atoms with E-state index >= 15 is 0 Å². The second-order valence-electron chi connectivity index (χ2n) is 5.35. The molecule has 0 amide bonds. The molecule has 3 rings (SSSR count). The number of anilines is 1. The monoisotopic (exact) mass is 411 g/mol. The summed E-state index contributed by atoms with van der Waals surface area (Å²) in [5.74, 6) is 0. The van der Waals surface area contributed by atoms with Gasteiger partial charge in [-0.1, -0.05) is 11.6 Å². The predicted molar refractivity (Wildman–Crippen MR) is 89.5 cm³/mol. The quantitative estimate of drug-likeness (QED) is 0.777. The molecule has 11 heteroatoms. The minimum atomic E-state index is -4.72. The first-order valence-electron chi connectivity index (χ1n) is 7.21. The van der Waals surface area contributed by atoms with Crippen LogP contribution in [0.5, 0.6) is 0 Å². The molecule has 1 aliphatic heterocycles. The van der Waals surface area contributed by atoms with Crippen molar-refractivity contribution in [3.63, 3.8) is 0 Å². The molecule has 0 atom stereocenters. The number of piperazine rings is 1. The van der Waals surface area contributed by atoms with Gasteiger partial charge in [-0.3, -0.25) is 0 Å². The highest BCUT2D eigenvalue weighted by atomic mass is 35.5. The van der Waals surface area contributed by atoms with E-state index < -0.39 is 31.7 Å². The second-order valence-corrected chi connectivity index (χ2v) is 8.56. The summed E-state index contributed by atoms with van der Waals surface area (Å²) in [7, 11) is -4.02. The Labute approximate surface area is 151 Å². The van der Waals surface area contributed by atoms with Gasteiger partial charge in [0.1, 0.15) is 0 Å². The van der Waals surface area contributed by atoms with Crippen LogP contribution in [0, 0.1) is 0 Å². The molecule has 136 valence electrons. The third-order valence-electron chi connectivity index (χ3n) is 3.81. The number of sulfonamides is 1. The lowest BCUT2D eigenvalue weighted by Gasteiger charge is -2.33. The van der Waals surface area contributed by atoms with Crippen LogP contribution in [0.25, 0.3) is 0 Å². The largest absolute Gasteiger partial charge is 0.417 e. The molecule has 0 bridgehead atoms. The summed E-state index contributed by atoms with van der Waals surface area (Å²) in [4.78, 5) is 5.70. The Morgan fingerprint density at radius 1 is 1.16 bits per heavy atom. The van der Waals surface area contributed by atoms with Crippen LogP contribution in [0.1, 0.15) is 5.56 Å². The van der Waals surface area contributed by atoms with E-state index in [1.807, 2.05) is 10.3 Å². The van der Waals surface area contributed by atoms with Crippen molar-refractivity contribution >= 4 is 38.1 Å². The molecule has 2 heterocycles. The lowest BCUT2D eigenvalue weighted by Crippen LogP contribution is -2.48. The smallest absolute Gasteiger partial charge is 0.345 e. The molecule has 0 N–H and O–H groups in total. The van der Waals surface area contributed by atoms with Crippen LogP contribution >= 0.6 is 22.9 Å². The summed E-state index contributed by atoms with van der Waals surface area (Å²) in [6, 6.07) is 2.65. The standard InChI is InChI=1S/C14H13ClF3N3O2S2/c15-12-2-1-10(9-11(12)14(16,17)18)25(22,23)21-6-4-20(5-7-21)13-19-3-8-24-13/h1-3,8-9H,4-7H2. The maximum absolute atomic E-state index is 13.0. The molecule has 1 aliphatic rings. The minimum Gasteiger partial charge on any atom is -0.345 e. The zero-order valence-electron chi connectivity index (χ0n) is 12.7. The fourth-order valence-electron chi connectivity index (χ4n) is 2.52. The van der Waals surface area contributed by atoms with Crippen LogP contribution in [0.15, 0.2) is 34.7 Å². The molecular weight excluding hydrogens is 399 g/mol.